The van der Waals surface area contributed by atoms with Crippen LogP contribution >= 0.6 is 11.6 Å². The zero-order valence-corrected chi connectivity index (χ0v) is 21.0. The number of rotatable bonds is 6. The third-order valence-corrected chi connectivity index (χ3v) is 6.61. The first-order chi connectivity index (χ1) is 17.6. The Balaban J connectivity index is 1.40. The van der Waals surface area contributed by atoms with Gasteiger partial charge >= 0.3 is 0 Å². The summed E-state index contributed by atoms with van der Waals surface area (Å²) < 4.78 is 12.2. The number of amides is 1. The summed E-state index contributed by atoms with van der Waals surface area (Å²) >= 11 is 6.26. The number of carbonyl (C=O) groups is 1. The highest BCUT2D eigenvalue weighted by atomic mass is 35.5. The second kappa shape index (κ2) is 10.3. The van der Waals surface area contributed by atoms with E-state index in [1.807, 2.05) is 77.7 Å². The van der Waals surface area contributed by atoms with E-state index in [1.165, 1.54) is 0 Å². The average Bonchev–Trinajstić information content (AvgIpc) is 3.38. The van der Waals surface area contributed by atoms with Crippen LogP contribution in [0.25, 0.3) is 16.9 Å². The molecule has 1 amide bonds. The van der Waals surface area contributed by atoms with Gasteiger partial charge in [-0.2, -0.15) is 5.10 Å². The van der Waals surface area contributed by atoms with Crippen molar-refractivity contribution >= 4 is 23.2 Å². The molecule has 1 aliphatic rings. The molecule has 0 radical (unpaired) electrons. The number of anilines is 1. The van der Waals surface area contributed by atoms with Gasteiger partial charge in [0.05, 0.1) is 25.6 Å². The summed E-state index contributed by atoms with van der Waals surface area (Å²) in [6.07, 6.45) is 0. The smallest absolute Gasteiger partial charge is 0.272 e. The highest BCUT2D eigenvalue weighted by Crippen LogP contribution is 2.27. The van der Waals surface area contributed by atoms with Crippen LogP contribution in [0.1, 0.15) is 10.5 Å². The summed E-state index contributed by atoms with van der Waals surface area (Å²) in [5, 5.41) is 5.37. The number of halogens is 1. The molecule has 2 heterocycles. The fourth-order valence-corrected chi connectivity index (χ4v) is 4.55. The molecule has 4 aromatic rings. The lowest BCUT2D eigenvalue weighted by atomic mass is 10.1. The molecule has 1 aliphatic heterocycles. The molecule has 0 saturated carbocycles. The summed E-state index contributed by atoms with van der Waals surface area (Å²) in [6.45, 7) is 2.72. The minimum Gasteiger partial charge on any atom is -0.497 e. The Morgan fingerprint density at radius 2 is 1.44 bits per heavy atom. The topological polar surface area (TPSA) is 59.8 Å². The van der Waals surface area contributed by atoms with Gasteiger partial charge in [-0.15, -0.1) is 0 Å². The van der Waals surface area contributed by atoms with E-state index in [1.54, 1.807) is 25.0 Å². The van der Waals surface area contributed by atoms with Crippen LogP contribution in [0, 0.1) is 0 Å². The van der Waals surface area contributed by atoms with Gasteiger partial charge in [0, 0.05) is 42.5 Å². The van der Waals surface area contributed by atoms with E-state index in [-0.39, 0.29) is 5.91 Å². The van der Waals surface area contributed by atoms with Gasteiger partial charge in [0.1, 0.15) is 17.2 Å². The van der Waals surface area contributed by atoms with Crippen molar-refractivity contribution in [2.45, 2.75) is 0 Å². The Hall–Kier alpha value is -3.97. The number of hydrogen-bond acceptors (Lipinski definition) is 5. The van der Waals surface area contributed by atoms with Crippen LogP contribution in [0.15, 0.2) is 78.9 Å². The van der Waals surface area contributed by atoms with E-state index >= 15 is 0 Å². The maximum atomic E-state index is 13.7. The Morgan fingerprint density at radius 1 is 0.806 bits per heavy atom. The lowest BCUT2D eigenvalue weighted by Gasteiger charge is -2.36. The van der Waals surface area contributed by atoms with E-state index in [2.05, 4.69) is 4.90 Å². The van der Waals surface area contributed by atoms with Crippen LogP contribution < -0.4 is 14.4 Å². The van der Waals surface area contributed by atoms with Gasteiger partial charge in [0.15, 0.2) is 0 Å². The van der Waals surface area contributed by atoms with Crippen molar-refractivity contribution in [2.75, 3.05) is 45.3 Å². The Kier molecular flexibility index (Phi) is 6.82. The number of hydrogen-bond donors (Lipinski definition) is 0. The molecule has 0 aliphatic carbocycles. The molecule has 1 aromatic heterocycles. The van der Waals surface area contributed by atoms with Crippen LogP contribution in [0.4, 0.5) is 5.69 Å². The standard InChI is InChI=1S/C28H27ClN4O3/c1-35-24-10-6-20(7-11-24)26-19-27(33(30-26)23-5-3-4-21(29)18-23)28(34)32-16-14-31(15-17-32)22-8-12-25(36-2)13-9-22/h3-13,18-19H,14-17H2,1-2H3. The second-order valence-corrected chi connectivity index (χ2v) is 8.95. The van der Waals surface area contributed by atoms with Gasteiger partial charge in [0.2, 0.25) is 0 Å². The van der Waals surface area contributed by atoms with E-state index < -0.39 is 0 Å². The van der Waals surface area contributed by atoms with Crippen molar-refractivity contribution in [3.63, 3.8) is 0 Å². The molecule has 5 rings (SSSR count). The lowest BCUT2D eigenvalue weighted by molar-refractivity contribution is 0.0737. The molecule has 0 spiro atoms. The van der Waals surface area contributed by atoms with Crippen LogP contribution in [0.2, 0.25) is 5.02 Å². The predicted molar refractivity (Wildman–Crippen MR) is 142 cm³/mol. The van der Waals surface area contributed by atoms with Crippen molar-refractivity contribution in [2.24, 2.45) is 0 Å². The normalized spacial score (nSPS) is 13.5. The minimum absolute atomic E-state index is 0.0587. The van der Waals surface area contributed by atoms with E-state index in [0.717, 1.165) is 41.5 Å². The van der Waals surface area contributed by atoms with Gasteiger partial charge in [-0.1, -0.05) is 17.7 Å². The SMILES string of the molecule is COc1ccc(-c2cc(C(=O)N3CCN(c4ccc(OC)cc4)CC3)n(-c3cccc(Cl)c3)n2)cc1. The molecule has 1 fully saturated rings. The zero-order valence-electron chi connectivity index (χ0n) is 20.2. The molecule has 7 nitrogen and oxygen atoms in total. The van der Waals surface area contributed by atoms with Crippen molar-refractivity contribution in [1.82, 2.24) is 14.7 Å². The van der Waals surface area contributed by atoms with Crippen molar-refractivity contribution in [1.29, 1.82) is 0 Å². The van der Waals surface area contributed by atoms with Crippen molar-refractivity contribution < 1.29 is 14.3 Å². The third-order valence-electron chi connectivity index (χ3n) is 6.37. The van der Waals surface area contributed by atoms with E-state index in [0.29, 0.717) is 29.5 Å². The number of carbonyl (C=O) groups excluding carboxylic acids is 1. The van der Waals surface area contributed by atoms with Crippen molar-refractivity contribution in [3.8, 4) is 28.4 Å². The average molecular weight is 503 g/mol. The molecule has 184 valence electrons. The summed E-state index contributed by atoms with van der Waals surface area (Å²) in [6, 6.07) is 24.9. The molecule has 0 bridgehead atoms. The van der Waals surface area contributed by atoms with Gasteiger partial charge < -0.3 is 19.3 Å². The Labute approximate surface area is 215 Å². The maximum Gasteiger partial charge on any atom is 0.272 e. The van der Waals surface area contributed by atoms with Crippen LogP contribution in [-0.4, -0.2) is 61.0 Å². The van der Waals surface area contributed by atoms with Gasteiger partial charge in [-0.05, 0) is 72.8 Å². The molecule has 1 saturated heterocycles. The molecular weight excluding hydrogens is 476 g/mol. The highest BCUT2D eigenvalue weighted by Gasteiger charge is 2.26. The van der Waals surface area contributed by atoms with Gasteiger partial charge in [-0.3, -0.25) is 4.79 Å². The second-order valence-electron chi connectivity index (χ2n) is 8.51. The van der Waals surface area contributed by atoms with Gasteiger partial charge in [-0.25, -0.2) is 4.68 Å². The molecule has 0 unspecified atom stereocenters. The number of benzene rings is 3. The first-order valence-corrected chi connectivity index (χ1v) is 12.1. The molecule has 0 atom stereocenters. The van der Waals surface area contributed by atoms with Crippen molar-refractivity contribution in [3.05, 3.63) is 89.6 Å². The summed E-state index contributed by atoms with van der Waals surface area (Å²) in [4.78, 5) is 17.9. The Morgan fingerprint density at radius 3 is 2.06 bits per heavy atom. The molecule has 3 aromatic carbocycles. The predicted octanol–water partition coefficient (Wildman–Crippen LogP) is 5.17. The van der Waals surface area contributed by atoms with Crippen LogP contribution in [0.5, 0.6) is 11.5 Å². The fraction of sp³-hybridized carbons (Fsp3) is 0.214. The largest absolute Gasteiger partial charge is 0.497 e. The summed E-state index contributed by atoms with van der Waals surface area (Å²) in [5.41, 5.74) is 3.96. The number of methoxy groups -OCH3 is 2. The van der Waals surface area contributed by atoms with Crippen LogP contribution in [0.3, 0.4) is 0 Å². The first kappa shape index (κ1) is 23.8. The molecule has 36 heavy (non-hydrogen) atoms. The number of piperazine rings is 1. The molecular formula is C28H27ClN4O3. The van der Waals surface area contributed by atoms with Gasteiger partial charge in [0.25, 0.3) is 5.91 Å². The fourth-order valence-electron chi connectivity index (χ4n) is 4.36. The Bertz CT molecular complexity index is 1340. The highest BCUT2D eigenvalue weighted by molar-refractivity contribution is 6.30. The summed E-state index contributed by atoms with van der Waals surface area (Å²) in [5.74, 6) is 1.53. The zero-order chi connectivity index (χ0) is 25.1. The molecule has 8 heteroatoms. The summed E-state index contributed by atoms with van der Waals surface area (Å²) in [7, 11) is 3.29. The number of nitrogens with zero attached hydrogens (tertiary/aromatic N) is 4. The third kappa shape index (κ3) is 4.88. The minimum atomic E-state index is -0.0587. The maximum absolute atomic E-state index is 13.7. The van der Waals surface area contributed by atoms with E-state index in [4.69, 9.17) is 26.2 Å². The number of ether oxygens (including phenoxy) is 2. The lowest BCUT2D eigenvalue weighted by Crippen LogP contribution is -2.49. The monoisotopic (exact) mass is 502 g/mol. The quantitative estimate of drug-likeness (QED) is 0.364. The first-order valence-electron chi connectivity index (χ1n) is 11.7. The van der Waals surface area contributed by atoms with Crippen LogP contribution in [-0.2, 0) is 0 Å². The molecule has 0 N–H and O–H groups in total. The van der Waals surface area contributed by atoms with E-state index in [9.17, 15) is 4.79 Å². The number of aromatic nitrogens is 2.